The second kappa shape index (κ2) is 10.7. The monoisotopic (exact) mass is 313 g/mol. The van der Waals surface area contributed by atoms with Gasteiger partial charge in [0.25, 0.3) is 0 Å². The predicted octanol–water partition coefficient (Wildman–Crippen LogP) is 1.76. The van der Waals surface area contributed by atoms with Gasteiger partial charge in [-0.2, -0.15) is 0 Å². The van der Waals surface area contributed by atoms with Crippen LogP contribution in [0.3, 0.4) is 0 Å². The van der Waals surface area contributed by atoms with Crippen LogP contribution >= 0.6 is 24.8 Å². The summed E-state index contributed by atoms with van der Waals surface area (Å²) in [4.78, 5) is 16.2. The van der Waals surface area contributed by atoms with Crippen molar-refractivity contribution in [2.75, 3.05) is 33.2 Å². The molecule has 0 spiro atoms. The molecule has 0 aromatic carbocycles. The molecule has 19 heavy (non-hydrogen) atoms. The highest BCUT2D eigenvalue weighted by Gasteiger charge is 2.26. The predicted molar refractivity (Wildman–Crippen MR) is 85.2 cm³/mol. The van der Waals surface area contributed by atoms with Crippen LogP contribution in [0.4, 0.5) is 0 Å². The normalized spacial score (nSPS) is 19.8. The Morgan fingerprint density at radius 3 is 2.63 bits per heavy atom. The average Bonchev–Trinajstić information content (AvgIpc) is 2.65. The van der Waals surface area contributed by atoms with Gasteiger partial charge in [0.1, 0.15) is 0 Å². The molecule has 0 saturated carbocycles. The molecule has 0 radical (unpaired) electrons. The van der Waals surface area contributed by atoms with Crippen LogP contribution in [0.2, 0.25) is 0 Å². The van der Waals surface area contributed by atoms with E-state index in [9.17, 15) is 4.79 Å². The van der Waals surface area contributed by atoms with Crippen molar-refractivity contribution in [3.8, 4) is 0 Å². The third kappa shape index (κ3) is 7.98. The van der Waals surface area contributed by atoms with E-state index in [1.807, 2.05) is 11.8 Å². The van der Waals surface area contributed by atoms with Crippen LogP contribution in [0.25, 0.3) is 0 Å². The molecule has 1 heterocycles. The molecule has 0 bridgehead atoms. The first-order valence-corrected chi connectivity index (χ1v) is 6.74. The lowest BCUT2D eigenvalue weighted by molar-refractivity contribution is -0.130. The standard InChI is InChI=1S/C13H27N3O.2ClH/c1-4-6-15(3)9-12-5-7-16(10-12)13(17)8-11(2)14;;/h11-12H,4-10,14H2,1-3H3;2*1H. The SMILES string of the molecule is CCCN(C)CC1CCN(C(=O)CC(C)N)C1.Cl.Cl. The molecule has 0 aromatic rings. The highest BCUT2D eigenvalue weighted by Crippen LogP contribution is 2.18. The van der Waals surface area contributed by atoms with Crippen molar-refractivity contribution in [2.45, 2.75) is 39.2 Å². The molecule has 0 aromatic heterocycles. The van der Waals surface area contributed by atoms with Crippen LogP contribution in [-0.4, -0.2) is 55.0 Å². The third-order valence-electron chi connectivity index (χ3n) is 3.31. The molecular formula is C13H29Cl2N3O. The molecule has 2 unspecified atom stereocenters. The van der Waals surface area contributed by atoms with E-state index in [4.69, 9.17) is 5.73 Å². The Labute approximate surface area is 129 Å². The van der Waals surface area contributed by atoms with E-state index in [1.165, 1.54) is 6.42 Å². The van der Waals surface area contributed by atoms with Gasteiger partial charge in [-0.3, -0.25) is 4.79 Å². The fourth-order valence-electron chi connectivity index (χ4n) is 2.53. The van der Waals surface area contributed by atoms with E-state index in [0.29, 0.717) is 12.3 Å². The molecule has 1 aliphatic heterocycles. The first-order chi connectivity index (χ1) is 8.02. The summed E-state index contributed by atoms with van der Waals surface area (Å²) < 4.78 is 0. The largest absolute Gasteiger partial charge is 0.342 e. The molecule has 1 rings (SSSR count). The number of amides is 1. The van der Waals surface area contributed by atoms with E-state index in [0.717, 1.165) is 32.6 Å². The number of carbonyl (C=O) groups is 1. The number of nitrogens with zero attached hydrogens (tertiary/aromatic N) is 2. The van der Waals surface area contributed by atoms with Crippen molar-refractivity contribution < 1.29 is 4.79 Å². The Kier molecular flexibility index (Phi) is 12.0. The maximum absolute atomic E-state index is 11.8. The van der Waals surface area contributed by atoms with Crippen LogP contribution in [0, 0.1) is 5.92 Å². The zero-order valence-electron chi connectivity index (χ0n) is 12.3. The summed E-state index contributed by atoms with van der Waals surface area (Å²) in [7, 11) is 2.16. The van der Waals surface area contributed by atoms with Gasteiger partial charge in [0.05, 0.1) is 0 Å². The lowest BCUT2D eigenvalue weighted by atomic mass is 10.1. The minimum absolute atomic E-state index is 0. The lowest BCUT2D eigenvalue weighted by Gasteiger charge is -2.21. The number of hydrogen-bond donors (Lipinski definition) is 1. The summed E-state index contributed by atoms with van der Waals surface area (Å²) >= 11 is 0. The van der Waals surface area contributed by atoms with Crippen molar-refractivity contribution in [3.05, 3.63) is 0 Å². The second-order valence-corrected chi connectivity index (χ2v) is 5.44. The van der Waals surface area contributed by atoms with Gasteiger partial charge in [0, 0.05) is 32.1 Å². The number of likely N-dealkylation sites (tertiary alicyclic amines) is 1. The average molecular weight is 314 g/mol. The Morgan fingerprint density at radius 1 is 1.47 bits per heavy atom. The van der Waals surface area contributed by atoms with E-state index in [1.54, 1.807) is 0 Å². The quantitative estimate of drug-likeness (QED) is 0.813. The number of carbonyl (C=O) groups excluding carboxylic acids is 1. The van der Waals surface area contributed by atoms with Gasteiger partial charge in [0.15, 0.2) is 0 Å². The first-order valence-electron chi connectivity index (χ1n) is 6.74. The molecule has 116 valence electrons. The Hall–Kier alpha value is -0.0300. The molecule has 1 saturated heterocycles. The zero-order valence-corrected chi connectivity index (χ0v) is 13.9. The Bertz CT molecular complexity index is 252. The first kappa shape index (κ1) is 21.3. The molecule has 6 heteroatoms. The summed E-state index contributed by atoms with van der Waals surface area (Å²) in [5.74, 6) is 0.865. The van der Waals surface area contributed by atoms with Gasteiger partial charge >= 0.3 is 0 Å². The highest BCUT2D eigenvalue weighted by atomic mass is 35.5. The van der Waals surface area contributed by atoms with Gasteiger partial charge in [-0.15, -0.1) is 24.8 Å². The smallest absolute Gasteiger partial charge is 0.224 e. The van der Waals surface area contributed by atoms with E-state index >= 15 is 0 Å². The van der Waals surface area contributed by atoms with Gasteiger partial charge in [-0.05, 0) is 39.3 Å². The summed E-state index contributed by atoms with van der Waals surface area (Å²) in [6, 6.07) is -0.0238. The van der Waals surface area contributed by atoms with E-state index in [2.05, 4.69) is 18.9 Å². The summed E-state index contributed by atoms with van der Waals surface area (Å²) in [6.45, 7) is 8.17. The van der Waals surface area contributed by atoms with Gasteiger partial charge < -0.3 is 15.5 Å². The van der Waals surface area contributed by atoms with Crippen LogP contribution in [-0.2, 0) is 4.79 Å². The molecular weight excluding hydrogens is 285 g/mol. The number of rotatable bonds is 6. The van der Waals surface area contributed by atoms with Crippen molar-refractivity contribution in [1.29, 1.82) is 0 Å². The Morgan fingerprint density at radius 2 is 2.11 bits per heavy atom. The minimum atomic E-state index is -0.0238. The summed E-state index contributed by atoms with van der Waals surface area (Å²) in [6.07, 6.45) is 2.81. The van der Waals surface area contributed by atoms with Crippen LogP contribution in [0.1, 0.15) is 33.1 Å². The van der Waals surface area contributed by atoms with Crippen molar-refractivity contribution in [3.63, 3.8) is 0 Å². The number of nitrogens with two attached hydrogens (primary N) is 1. The molecule has 0 aliphatic carbocycles. The topological polar surface area (TPSA) is 49.6 Å². The van der Waals surface area contributed by atoms with Gasteiger partial charge in [-0.25, -0.2) is 0 Å². The number of hydrogen-bond acceptors (Lipinski definition) is 3. The van der Waals surface area contributed by atoms with Crippen LogP contribution < -0.4 is 5.73 Å². The van der Waals surface area contributed by atoms with Gasteiger partial charge in [-0.1, -0.05) is 6.92 Å². The lowest BCUT2D eigenvalue weighted by Crippen LogP contribution is -2.34. The minimum Gasteiger partial charge on any atom is -0.342 e. The van der Waals surface area contributed by atoms with Gasteiger partial charge in [0.2, 0.25) is 5.91 Å². The Balaban J connectivity index is 0. The molecule has 1 fully saturated rings. The summed E-state index contributed by atoms with van der Waals surface area (Å²) in [5.41, 5.74) is 5.66. The number of halogens is 2. The van der Waals surface area contributed by atoms with Crippen molar-refractivity contribution in [2.24, 2.45) is 11.7 Å². The van der Waals surface area contributed by atoms with Crippen LogP contribution in [0.15, 0.2) is 0 Å². The maximum atomic E-state index is 11.8. The van der Waals surface area contributed by atoms with E-state index in [-0.39, 0.29) is 36.8 Å². The molecule has 1 aliphatic rings. The maximum Gasteiger partial charge on any atom is 0.224 e. The van der Waals surface area contributed by atoms with Crippen molar-refractivity contribution >= 4 is 30.7 Å². The van der Waals surface area contributed by atoms with E-state index < -0.39 is 0 Å². The highest BCUT2D eigenvalue weighted by molar-refractivity contribution is 5.85. The molecule has 4 nitrogen and oxygen atoms in total. The molecule has 2 atom stereocenters. The third-order valence-corrected chi connectivity index (χ3v) is 3.31. The van der Waals surface area contributed by atoms with Crippen molar-refractivity contribution in [1.82, 2.24) is 9.80 Å². The summed E-state index contributed by atoms with van der Waals surface area (Å²) in [5, 5.41) is 0. The zero-order chi connectivity index (χ0) is 12.8. The fourth-order valence-corrected chi connectivity index (χ4v) is 2.53. The second-order valence-electron chi connectivity index (χ2n) is 5.44. The van der Waals surface area contributed by atoms with Crippen LogP contribution in [0.5, 0.6) is 0 Å². The molecule has 1 amide bonds. The molecule has 2 N–H and O–H groups in total. The fraction of sp³-hybridized carbons (Fsp3) is 0.923.